The zero-order chi connectivity index (χ0) is 14.5. The molecule has 0 fully saturated rings. The van der Waals surface area contributed by atoms with Crippen LogP contribution in [0.1, 0.15) is 26.3 Å². The summed E-state index contributed by atoms with van der Waals surface area (Å²) in [6.07, 6.45) is 0. The van der Waals surface area contributed by atoms with Gasteiger partial charge < -0.3 is 19.9 Å². The molecule has 4 nitrogen and oxygen atoms in total. The van der Waals surface area contributed by atoms with Crippen LogP contribution in [0.4, 0.5) is 0 Å². The molecule has 0 amide bonds. The Morgan fingerprint density at radius 1 is 1.26 bits per heavy atom. The number of nitrogens with one attached hydrogen (secondary N) is 1. The molecule has 0 spiro atoms. The molecule has 0 bridgehead atoms. The van der Waals surface area contributed by atoms with Crippen LogP contribution in [-0.2, 0) is 5.54 Å². The van der Waals surface area contributed by atoms with Gasteiger partial charge in [-0.2, -0.15) is 0 Å². The van der Waals surface area contributed by atoms with E-state index in [0.717, 1.165) is 17.9 Å². The van der Waals surface area contributed by atoms with Gasteiger partial charge in [-0.25, -0.2) is 0 Å². The Balaban J connectivity index is 3.09. The van der Waals surface area contributed by atoms with Crippen molar-refractivity contribution in [1.29, 1.82) is 0 Å². The van der Waals surface area contributed by atoms with Crippen molar-refractivity contribution in [3.05, 3.63) is 23.8 Å². The fourth-order valence-electron chi connectivity index (χ4n) is 1.92. The van der Waals surface area contributed by atoms with Crippen LogP contribution in [0.2, 0.25) is 0 Å². The molecule has 0 aromatic heterocycles. The van der Waals surface area contributed by atoms with Crippen molar-refractivity contribution >= 4 is 0 Å². The highest BCUT2D eigenvalue weighted by molar-refractivity contribution is 5.44. The van der Waals surface area contributed by atoms with Crippen LogP contribution in [0.15, 0.2) is 18.2 Å². The van der Waals surface area contributed by atoms with Crippen LogP contribution in [-0.4, -0.2) is 32.5 Å². The highest BCUT2D eigenvalue weighted by Crippen LogP contribution is 2.33. The summed E-state index contributed by atoms with van der Waals surface area (Å²) >= 11 is 0. The largest absolute Gasteiger partial charge is 0.497 e. The van der Waals surface area contributed by atoms with Gasteiger partial charge in [0.25, 0.3) is 0 Å². The number of rotatable bonds is 7. The predicted octanol–water partition coefficient (Wildman–Crippen LogP) is 2.16. The Hall–Kier alpha value is -1.26. The number of aliphatic hydroxyl groups excluding tert-OH is 1. The molecule has 0 saturated carbocycles. The van der Waals surface area contributed by atoms with E-state index < -0.39 is 5.54 Å². The topological polar surface area (TPSA) is 50.7 Å². The molecule has 1 unspecified atom stereocenters. The van der Waals surface area contributed by atoms with E-state index in [9.17, 15) is 5.11 Å². The molecule has 0 heterocycles. The van der Waals surface area contributed by atoms with E-state index in [-0.39, 0.29) is 6.61 Å². The second-order valence-corrected chi connectivity index (χ2v) is 5.33. The van der Waals surface area contributed by atoms with E-state index in [0.29, 0.717) is 11.7 Å². The normalized spacial score (nSPS) is 14.3. The Morgan fingerprint density at radius 3 is 2.42 bits per heavy atom. The van der Waals surface area contributed by atoms with Crippen molar-refractivity contribution in [2.75, 3.05) is 27.4 Å². The van der Waals surface area contributed by atoms with Gasteiger partial charge in [-0.15, -0.1) is 0 Å². The number of hydrogen-bond donors (Lipinski definition) is 2. The lowest BCUT2D eigenvalue weighted by atomic mass is 9.91. The smallest absolute Gasteiger partial charge is 0.127 e. The molecule has 1 aromatic rings. The lowest BCUT2D eigenvalue weighted by Crippen LogP contribution is -2.44. The third kappa shape index (κ3) is 3.85. The summed E-state index contributed by atoms with van der Waals surface area (Å²) in [6, 6.07) is 5.64. The molecule has 1 atom stereocenters. The SMILES string of the molecule is COc1ccc(C(C)(CO)NCC(C)C)c(OC)c1. The van der Waals surface area contributed by atoms with Crippen molar-refractivity contribution in [1.82, 2.24) is 5.32 Å². The fourth-order valence-corrected chi connectivity index (χ4v) is 1.92. The minimum Gasteiger partial charge on any atom is -0.497 e. The van der Waals surface area contributed by atoms with Gasteiger partial charge in [0.1, 0.15) is 11.5 Å². The maximum atomic E-state index is 9.75. The van der Waals surface area contributed by atoms with Gasteiger partial charge in [0.15, 0.2) is 0 Å². The van der Waals surface area contributed by atoms with Gasteiger partial charge in [-0.05, 0) is 31.5 Å². The summed E-state index contributed by atoms with van der Waals surface area (Å²) < 4.78 is 10.6. The van der Waals surface area contributed by atoms with Crippen LogP contribution in [0, 0.1) is 5.92 Å². The molecular weight excluding hydrogens is 242 g/mol. The molecule has 0 radical (unpaired) electrons. The fraction of sp³-hybridized carbons (Fsp3) is 0.600. The monoisotopic (exact) mass is 267 g/mol. The van der Waals surface area contributed by atoms with Crippen molar-refractivity contribution < 1.29 is 14.6 Å². The first-order chi connectivity index (χ1) is 8.96. The third-order valence-corrected chi connectivity index (χ3v) is 3.22. The van der Waals surface area contributed by atoms with E-state index in [2.05, 4.69) is 19.2 Å². The number of ether oxygens (including phenoxy) is 2. The summed E-state index contributed by atoms with van der Waals surface area (Å²) in [5, 5.41) is 13.2. The van der Waals surface area contributed by atoms with Crippen LogP contribution >= 0.6 is 0 Å². The number of hydrogen-bond acceptors (Lipinski definition) is 4. The first-order valence-electron chi connectivity index (χ1n) is 6.55. The van der Waals surface area contributed by atoms with Crippen LogP contribution in [0.3, 0.4) is 0 Å². The average molecular weight is 267 g/mol. The Morgan fingerprint density at radius 2 is 1.95 bits per heavy atom. The summed E-state index contributed by atoms with van der Waals surface area (Å²) in [5.41, 5.74) is 0.404. The molecule has 2 N–H and O–H groups in total. The first kappa shape index (κ1) is 15.8. The summed E-state index contributed by atoms with van der Waals surface area (Å²) in [7, 11) is 3.25. The Bertz CT molecular complexity index is 406. The van der Waals surface area contributed by atoms with E-state index in [1.165, 1.54) is 0 Å². The second kappa shape index (κ2) is 6.78. The molecule has 1 rings (SSSR count). The molecular formula is C15H25NO3. The maximum absolute atomic E-state index is 9.75. The average Bonchev–Trinajstić information content (AvgIpc) is 2.43. The minimum atomic E-state index is -0.526. The van der Waals surface area contributed by atoms with Crippen LogP contribution in [0.5, 0.6) is 11.5 Å². The predicted molar refractivity (Wildman–Crippen MR) is 76.8 cm³/mol. The molecule has 0 aliphatic heterocycles. The maximum Gasteiger partial charge on any atom is 0.127 e. The quantitative estimate of drug-likeness (QED) is 0.795. The van der Waals surface area contributed by atoms with Crippen LogP contribution < -0.4 is 14.8 Å². The molecule has 0 aliphatic carbocycles. The zero-order valence-electron chi connectivity index (χ0n) is 12.5. The van der Waals surface area contributed by atoms with Crippen molar-refractivity contribution in [2.24, 2.45) is 5.92 Å². The molecule has 4 heteroatoms. The van der Waals surface area contributed by atoms with Crippen molar-refractivity contribution in [2.45, 2.75) is 26.3 Å². The van der Waals surface area contributed by atoms with Crippen LogP contribution in [0.25, 0.3) is 0 Å². The van der Waals surface area contributed by atoms with E-state index in [4.69, 9.17) is 9.47 Å². The standard InChI is InChI=1S/C15H25NO3/c1-11(2)9-16-15(3,10-17)13-7-6-12(18-4)8-14(13)19-5/h6-8,11,16-17H,9-10H2,1-5H3. The van der Waals surface area contributed by atoms with Gasteiger partial charge >= 0.3 is 0 Å². The molecule has 0 saturated heterocycles. The molecule has 19 heavy (non-hydrogen) atoms. The summed E-state index contributed by atoms with van der Waals surface area (Å²) in [5.74, 6) is 1.96. The second-order valence-electron chi connectivity index (χ2n) is 5.33. The van der Waals surface area contributed by atoms with Crippen molar-refractivity contribution in [3.8, 4) is 11.5 Å². The molecule has 0 aliphatic rings. The van der Waals surface area contributed by atoms with Gasteiger partial charge in [0.05, 0.1) is 26.4 Å². The van der Waals surface area contributed by atoms with Gasteiger partial charge in [0.2, 0.25) is 0 Å². The zero-order valence-corrected chi connectivity index (χ0v) is 12.5. The molecule has 108 valence electrons. The van der Waals surface area contributed by atoms with Gasteiger partial charge in [-0.1, -0.05) is 13.8 Å². The Labute approximate surface area is 115 Å². The summed E-state index contributed by atoms with van der Waals surface area (Å²) in [4.78, 5) is 0. The third-order valence-electron chi connectivity index (χ3n) is 3.22. The van der Waals surface area contributed by atoms with E-state index in [1.54, 1.807) is 14.2 Å². The van der Waals surface area contributed by atoms with Gasteiger partial charge in [-0.3, -0.25) is 0 Å². The van der Waals surface area contributed by atoms with E-state index >= 15 is 0 Å². The highest BCUT2D eigenvalue weighted by atomic mass is 16.5. The lowest BCUT2D eigenvalue weighted by Gasteiger charge is -2.31. The highest BCUT2D eigenvalue weighted by Gasteiger charge is 2.29. The lowest BCUT2D eigenvalue weighted by molar-refractivity contribution is 0.167. The van der Waals surface area contributed by atoms with Crippen molar-refractivity contribution in [3.63, 3.8) is 0 Å². The number of benzene rings is 1. The molecule has 1 aromatic carbocycles. The summed E-state index contributed by atoms with van der Waals surface area (Å²) in [6.45, 7) is 7.07. The number of aliphatic hydroxyl groups is 1. The van der Waals surface area contributed by atoms with Gasteiger partial charge in [0, 0.05) is 11.6 Å². The Kier molecular flexibility index (Phi) is 5.63. The van der Waals surface area contributed by atoms with E-state index in [1.807, 2.05) is 25.1 Å². The number of methoxy groups -OCH3 is 2. The first-order valence-corrected chi connectivity index (χ1v) is 6.55. The minimum absolute atomic E-state index is 0.00239.